The molecule has 1 atom stereocenters. The summed E-state index contributed by atoms with van der Waals surface area (Å²) in [5.74, 6) is -1.82. The fraction of sp³-hybridized carbons (Fsp3) is 0.150. The first-order valence-electron chi connectivity index (χ1n) is 8.36. The highest BCUT2D eigenvalue weighted by molar-refractivity contribution is 5.90. The second-order valence-corrected chi connectivity index (χ2v) is 6.19. The van der Waals surface area contributed by atoms with Crippen molar-refractivity contribution in [2.45, 2.75) is 12.6 Å². The van der Waals surface area contributed by atoms with E-state index in [0.29, 0.717) is 24.3 Å². The second-order valence-electron chi connectivity index (χ2n) is 6.19. The Labute approximate surface area is 149 Å². The third kappa shape index (κ3) is 2.94. The molecule has 4 nitrogen and oxygen atoms in total. The predicted octanol–water partition coefficient (Wildman–Crippen LogP) is 4.40. The second kappa shape index (κ2) is 6.63. The lowest BCUT2D eigenvalue weighted by molar-refractivity contribution is 0.181. The molecule has 4 rings (SSSR count). The highest BCUT2D eigenvalue weighted by Crippen LogP contribution is 2.33. The maximum Gasteiger partial charge on any atom is 0.322 e. The lowest BCUT2D eigenvalue weighted by Gasteiger charge is -2.37. The van der Waals surface area contributed by atoms with Gasteiger partial charge in [0.1, 0.15) is 0 Å². The van der Waals surface area contributed by atoms with Gasteiger partial charge in [0, 0.05) is 30.7 Å². The molecule has 0 saturated heterocycles. The van der Waals surface area contributed by atoms with E-state index in [0.717, 1.165) is 17.8 Å². The molecule has 2 aromatic carbocycles. The van der Waals surface area contributed by atoms with Gasteiger partial charge in [0.2, 0.25) is 0 Å². The summed E-state index contributed by atoms with van der Waals surface area (Å²) in [4.78, 5) is 14.5. The molecule has 0 unspecified atom stereocenters. The molecule has 0 radical (unpaired) electrons. The third-order valence-corrected chi connectivity index (χ3v) is 4.58. The van der Waals surface area contributed by atoms with Crippen LogP contribution in [0.4, 0.5) is 19.3 Å². The summed E-state index contributed by atoms with van der Waals surface area (Å²) in [7, 11) is 0. The number of fused-ring (bicyclic) bond motifs is 1. The summed E-state index contributed by atoms with van der Waals surface area (Å²) in [6, 6.07) is 15.9. The Balaban J connectivity index is 1.70. The topological polar surface area (TPSA) is 37.3 Å². The average Bonchev–Trinajstić information content (AvgIpc) is 3.13. The smallest absolute Gasteiger partial charge is 0.322 e. The number of aromatic nitrogens is 1. The van der Waals surface area contributed by atoms with Gasteiger partial charge in [0.15, 0.2) is 11.6 Å². The van der Waals surface area contributed by atoms with E-state index in [9.17, 15) is 13.6 Å². The Morgan fingerprint density at radius 1 is 0.962 bits per heavy atom. The van der Waals surface area contributed by atoms with Crippen molar-refractivity contribution in [3.63, 3.8) is 0 Å². The van der Waals surface area contributed by atoms with Crippen LogP contribution in [0.2, 0.25) is 0 Å². The Morgan fingerprint density at radius 3 is 2.54 bits per heavy atom. The van der Waals surface area contributed by atoms with Gasteiger partial charge in [-0.15, -0.1) is 0 Å². The van der Waals surface area contributed by atoms with Gasteiger partial charge in [0.25, 0.3) is 0 Å². The van der Waals surface area contributed by atoms with Crippen molar-refractivity contribution in [1.29, 1.82) is 0 Å². The summed E-state index contributed by atoms with van der Waals surface area (Å²) < 4.78 is 29.2. The van der Waals surface area contributed by atoms with Crippen LogP contribution in [0.3, 0.4) is 0 Å². The van der Waals surface area contributed by atoms with E-state index in [-0.39, 0.29) is 6.03 Å². The van der Waals surface area contributed by atoms with Crippen LogP contribution in [0, 0.1) is 11.6 Å². The number of hydrogen-bond acceptors (Lipinski definition) is 1. The molecule has 2 heterocycles. The molecule has 2 amide bonds. The number of carbonyl (C=O) groups excluding carboxylic acids is 1. The quantitative estimate of drug-likeness (QED) is 0.728. The molecule has 0 aliphatic carbocycles. The van der Waals surface area contributed by atoms with Gasteiger partial charge in [-0.05, 0) is 42.0 Å². The molecule has 0 bridgehead atoms. The number of urea groups is 1. The Kier molecular flexibility index (Phi) is 4.16. The van der Waals surface area contributed by atoms with E-state index < -0.39 is 17.7 Å². The van der Waals surface area contributed by atoms with Gasteiger partial charge in [-0.3, -0.25) is 0 Å². The van der Waals surface area contributed by atoms with Crippen LogP contribution in [-0.4, -0.2) is 22.0 Å². The monoisotopic (exact) mass is 353 g/mol. The zero-order valence-electron chi connectivity index (χ0n) is 13.9. The van der Waals surface area contributed by atoms with E-state index in [1.807, 2.05) is 41.1 Å². The van der Waals surface area contributed by atoms with Crippen molar-refractivity contribution in [3.05, 3.63) is 89.8 Å². The highest BCUT2D eigenvalue weighted by Gasteiger charge is 2.32. The molecule has 26 heavy (non-hydrogen) atoms. The minimum atomic E-state index is -0.922. The van der Waals surface area contributed by atoms with E-state index in [2.05, 4.69) is 5.32 Å². The van der Waals surface area contributed by atoms with Crippen molar-refractivity contribution in [1.82, 2.24) is 9.47 Å². The molecule has 0 saturated carbocycles. The Bertz CT molecular complexity index is 939. The third-order valence-electron chi connectivity index (χ3n) is 4.58. The zero-order valence-corrected chi connectivity index (χ0v) is 13.9. The van der Waals surface area contributed by atoms with Gasteiger partial charge < -0.3 is 14.8 Å². The first-order chi connectivity index (χ1) is 12.6. The number of carbonyl (C=O) groups is 1. The van der Waals surface area contributed by atoms with E-state index in [4.69, 9.17) is 0 Å². The van der Waals surface area contributed by atoms with E-state index in [1.165, 1.54) is 6.07 Å². The fourth-order valence-electron chi connectivity index (χ4n) is 3.35. The molecule has 0 fully saturated rings. The van der Waals surface area contributed by atoms with Gasteiger partial charge >= 0.3 is 6.03 Å². The predicted molar refractivity (Wildman–Crippen MR) is 94.8 cm³/mol. The number of halogens is 2. The van der Waals surface area contributed by atoms with E-state index in [1.54, 1.807) is 17.0 Å². The van der Waals surface area contributed by atoms with Crippen molar-refractivity contribution < 1.29 is 13.6 Å². The molecule has 3 aromatic rings. The molecule has 6 heteroatoms. The summed E-state index contributed by atoms with van der Waals surface area (Å²) in [6.07, 6.45) is 1.93. The van der Waals surface area contributed by atoms with Crippen LogP contribution in [0.15, 0.2) is 66.9 Å². The van der Waals surface area contributed by atoms with Gasteiger partial charge in [0.05, 0.1) is 6.04 Å². The number of anilines is 1. The van der Waals surface area contributed by atoms with Crippen LogP contribution in [0.5, 0.6) is 0 Å². The minimum Gasteiger partial charge on any atom is -0.348 e. The molecule has 132 valence electrons. The number of hydrogen-bond donors (Lipinski definition) is 1. The zero-order chi connectivity index (χ0) is 18.1. The highest BCUT2D eigenvalue weighted by atomic mass is 19.2. The summed E-state index contributed by atoms with van der Waals surface area (Å²) in [5.41, 5.74) is 2.08. The number of nitrogens with zero attached hydrogens (tertiary/aromatic N) is 2. The standard InChI is InChI=1S/C20H17F2N3O/c21-16-9-8-14(13-17(16)22)19-18-7-4-10-24(18)11-12-25(19)20(26)23-15-5-2-1-3-6-15/h1-10,13,19H,11-12H2,(H,23,26)/t19-/m1/s1. The molecule has 1 aromatic heterocycles. The molecule has 1 N–H and O–H groups in total. The van der Waals surface area contributed by atoms with Gasteiger partial charge in [-0.25, -0.2) is 13.6 Å². The van der Waals surface area contributed by atoms with Crippen LogP contribution >= 0.6 is 0 Å². The fourth-order valence-corrected chi connectivity index (χ4v) is 3.35. The number of amides is 2. The Hall–Kier alpha value is -3.15. The van der Waals surface area contributed by atoms with Gasteiger partial charge in [-0.2, -0.15) is 0 Å². The van der Waals surface area contributed by atoms with Gasteiger partial charge in [-0.1, -0.05) is 24.3 Å². The van der Waals surface area contributed by atoms with Crippen LogP contribution in [0.25, 0.3) is 0 Å². The van der Waals surface area contributed by atoms with Crippen molar-refractivity contribution in [2.75, 3.05) is 11.9 Å². The van der Waals surface area contributed by atoms with Crippen molar-refractivity contribution in [3.8, 4) is 0 Å². The Morgan fingerprint density at radius 2 is 1.77 bits per heavy atom. The minimum absolute atomic E-state index is 0.279. The van der Waals surface area contributed by atoms with Crippen LogP contribution in [0.1, 0.15) is 17.3 Å². The lowest BCUT2D eigenvalue weighted by Crippen LogP contribution is -2.44. The number of rotatable bonds is 2. The number of nitrogens with one attached hydrogen (secondary N) is 1. The maximum absolute atomic E-state index is 13.8. The molecule has 0 spiro atoms. The molecule has 1 aliphatic rings. The first-order valence-corrected chi connectivity index (χ1v) is 8.36. The summed E-state index contributed by atoms with van der Waals surface area (Å²) in [6.45, 7) is 1.11. The summed E-state index contributed by atoms with van der Waals surface area (Å²) in [5, 5.41) is 2.87. The maximum atomic E-state index is 13.8. The normalized spacial score (nSPS) is 16.2. The first kappa shape index (κ1) is 16.3. The largest absolute Gasteiger partial charge is 0.348 e. The SMILES string of the molecule is O=C(Nc1ccccc1)N1CCn2cccc2[C@H]1c1ccc(F)c(F)c1. The van der Waals surface area contributed by atoms with Crippen molar-refractivity contribution >= 4 is 11.7 Å². The molecular weight excluding hydrogens is 336 g/mol. The molecule has 1 aliphatic heterocycles. The number of benzene rings is 2. The van der Waals surface area contributed by atoms with Crippen molar-refractivity contribution in [2.24, 2.45) is 0 Å². The number of para-hydroxylation sites is 1. The summed E-state index contributed by atoms with van der Waals surface area (Å²) >= 11 is 0. The van der Waals surface area contributed by atoms with E-state index >= 15 is 0 Å². The van der Waals surface area contributed by atoms with Crippen LogP contribution in [-0.2, 0) is 6.54 Å². The van der Waals surface area contributed by atoms with Crippen LogP contribution < -0.4 is 5.32 Å². The lowest BCUT2D eigenvalue weighted by atomic mass is 10.00. The average molecular weight is 353 g/mol. The molecular formula is C20H17F2N3O.